The molecule has 0 aliphatic carbocycles. The maximum Gasteiger partial charge on any atom is 0.151 e. The third-order valence-electron chi connectivity index (χ3n) is 3.67. The van der Waals surface area contributed by atoms with Gasteiger partial charge in [0.15, 0.2) is 5.82 Å². The Labute approximate surface area is 133 Å². The highest BCUT2D eigenvalue weighted by Gasteiger charge is 2.24. The van der Waals surface area contributed by atoms with Crippen molar-refractivity contribution < 1.29 is 0 Å². The molecule has 0 aromatic carbocycles. The van der Waals surface area contributed by atoms with Crippen molar-refractivity contribution in [2.45, 2.75) is 57.9 Å². The van der Waals surface area contributed by atoms with Crippen molar-refractivity contribution in [1.82, 2.24) is 15.5 Å². The molecule has 1 fully saturated rings. The van der Waals surface area contributed by atoms with E-state index in [9.17, 15) is 0 Å². The van der Waals surface area contributed by atoms with Gasteiger partial charge in [-0.15, -0.1) is 5.10 Å². The number of thioether (sulfide) groups is 1. The van der Waals surface area contributed by atoms with Crippen molar-refractivity contribution in [2.75, 3.05) is 23.7 Å². The van der Waals surface area contributed by atoms with E-state index < -0.39 is 0 Å². The van der Waals surface area contributed by atoms with Gasteiger partial charge in [0.05, 0.1) is 5.69 Å². The summed E-state index contributed by atoms with van der Waals surface area (Å²) in [6, 6.07) is 4.19. The van der Waals surface area contributed by atoms with Gasteiger partial charge in [0.25, 0.3) is 0 Å². The topological polar surface area (TPSA) is 41.0 Å². The van der Waals surface area contributed by atoms with Crippen LogP contribution in [0.3, 0.4) is 0 Å². The minimum atomic E-state index is 0.105. The van der Waals surface area contributed by atoms with Gasteiger partial charge in [-0.3, -0.25) is 0 Å². The number of hydrogen-bond donors (Lipinski definition) is 1. The second kappa shape index (κ2) is 6.53. The Hall–Kier alpha value is -0.810. The molecule has 0 radical (unpaired) electrons. The molecule has 5 heteroatoms. The second-order valence-corrected chi connectivity index (χ2v) is 9.13. The van der Waals surface area contributed by atoms with Gasteiger partial charge in [-0.2, -0.15) is 16.9 Å². The monoisotopic (exact) mass is 308 g/mol. The van der Waals surface area contributed by atoms with Crippen LogP contribution in [0.25, 0.3) is 0 Å². The minimum absolute atomic E-state index is 0.105. The van der Waals surface area contributed by atoms with Gasteiger partial charge in [0.2, 0.25) is 0 Å². The lowest BCUT2D eigenvalue weighted by atomic mass is 10.1. The van der Waals surface area contributed by atoms with Crippen molar-refractivity contribution >= 4 is 17.6 Å². The van der Waals surface area contributed by atoms with Crippen LogP contribution in [-0.2, 0) is 6.54 Å². The van der Waals surface area contributed by atoms with E-state index in [2.05, 4.69) is 78.9 Å². The molecule has 118 valence electrons. The zero-order valence-corrected chi connectivity index (χ0v) is 14.8. The molecule has 21 heavy (non-hydrogen) atoms. The summed E-state index contributed by atoms with van der Waals surface area (Å²) < 4.78 is 0.374. The van der Waals surface area contributed by atoms with E-state index in [-0.39, 0.29) is 5.54 Å². The van der Waals surface area contributed by atoms with Gasteiger partial charge in [0, 0.05) is 35.7 Å². The molecule has 1 aromatic heterocycles. The Morgan fingerprint density at radius 3 is 2.62 bits per heavy atom. The predicted molar refractivity (Wildman–Crippen MR) is 92.0 cm³/mol. The molecule has 0 bridgehead atoms. The molecular weight excluding hydrogens is 280 g/mol. The molecule has 1 saturated heterocycles. The zero-order valence-electron chi connectivity index (χ0n) is 13.9. The lowest BCUT2D eigenvalue weighted by Gasteiger charge is -2.23. The summed E-state index contributed by atoms with van der Waals surface area (Å²) in [5.41, 5.74) is 1.10. The molecule has 2 rings (SSSR count). The largest absolute Gasteiger partial charge is 0.354 e. The average molecular weight is 308 g/mol. The number of aromatic nitrogens is 2. The van der Waals surface area contributed by atoms with Crippen molar-refractivity contribution in [2.24, 2.45) is 0 Å². The first-order valence-electron chi connectivity index (χ1n) is 7.72. The minimum Gasteiger partial charge on any atom is -0.354 e. The van der Waals surface area contributed by atoms with Gasteiger partial charge < -0.3 is 10.2 Å². The van der Waals surface area contributed by atoms with Crippen LogP contribution in [0, 0.1) is 0 Å². The highest BCUT2D eigenvalue weighted by Crippen LogP contribution is 2.31. The third kappa shape index (κ3) is 5.47. The molecule has 2 heterocycles. The summed E-state index contributed by atoms with van der Waals surface area (Å²) in [7, 11) is 0. The van der Waals surface area contributed by atoms with Crippen LogP contribution in [0.1, 0.15) is 46.7 Å². The summed E-state index contributed by atoms with van der Waals surface area (Å²) in [5, 5.41) is 12.2. The molecule has 0 saturated carbocycles. The van der Waals surface area contributed by atoms with Crippen molar-refractivity contribution in [3.8, 4) is 0 Å². The van der Waals surface area contributed by atoms with Gasteiger partial charge in [-0.1, -0.05) is 13.8 Å². The van der Waals surface area contributed by atoms with E-state index in [1.807, 2.05) is 0 Å². The molecule has 1 aliphatic heterocycles. The number of nitrogens with zero attached hydrogens (tertiary/aromatic N) is 3. The molecule has 1 aliphatic rings. The predicted octanol–water partition coefficient (Wildman–Crippen LogP) is 3.09. The standard InChI is InChI=1S/C16H28N4S/c1-15(2,3)17-12-13-6-7-14(19-18-13)20-9-8-16(4,5)21-11-10-20/h6-7,17H,8-12H2,1-5H3. The smallest absolute Gasteiger partial charge is 0.151 e. The second-order valence-electron chi connectivity index (χ2n) is 7.33. The molecular formula is C16H28N4S. The fraction of sp³-hybridized carbons (Fsp3) is 0.750. The maximum atomic E-state index is 4.42. The van der Waals surface area contributed by atoms with E-state index in [0.717, 1.165) is 36.9 Å². The Morgan fingerprint density at radius 1 is 1.24 bits per heavy atom. The van der Waals surface area contributed by atoms with Crippen LogP contribution < -0.4 is 10.2 Å². The fourth-order valence-electron chi connectivity index (χ4n) is 2.22. The molecule has 0 amide bonds. The SMILES string of the molecule is CC(C)(C)NCc1ccc(N2CCSC(C)(C)CC2)nn1. The Balaban J connectivity index is 1.95. The number of nitrogens with one attached hydrogen (secondary N) is 1. The molecule has 0 atom stereocenters. The van der Waals surface area contributed by atoms with Crippen molar-refractivity contribution in [3.63, 3.8) is 0 Å². The lowest BCUT2D eigenvalue weighted by molar-refractivity contribution is 0.420. The number of anilines is 1. The summed E-state index contributed by atoms with van der Waals surface area (Å²) in [6.45, 7) is 14.0. The fourth-order valence-corrected chi connectivity index (χ4v) is 3.32. The maximum absolute atomic E-state index is 4.42. The average Bonchev–Trinajstić information content (AvgIpc) is 2.57. The van der Waals surface area contributed by atoms with E-state index in [1.165, 1.54) is 6.42 Å². The third-order valence-corrected chi connectivity index (χ3v) is 5.04. The first kappa shape index (κ1) is 16.6. The summed E-state index contributed by atoms with van der Waals surface area (Å²) in [4.78, 5) is 2.36. The quantitative estimate of drug-likeness (QED) is 0.929. The van der Waals surface area contributed by atoms with Crippen LogP contribution in [-0.4, -0.2) is 39.3 Å². The Bertz CT molecular complexity index is 450. The van der Waals surface area contributed by atoms with Crippen LogP contribution in [0.5, 0.6) is 0 Å². The first-order chi connectivity index (χ1) is 9.75. The number of hydrogen-bond acceptors (Lipinski definition) is 5. The summed E-state index contributed by atoms with van der Waals surface area (Å²) in [6.07, 6.45) is 1.19. The van der Waals surface area contributed by atoms with Crippen molar-refractivity contribution in [1.29, 1.82) is 0 Å². The van der Waals surface area contributed by atoms with E-state index in [1.54, 1.807) is 0 Å². The zero-order chi connectivity index (χ0) is 15.5. The molecule has 4 nitrogen and oxygen atoms in total. The van der Waals surface area contributed by atoms with Gasteiger partial charge in [-0.25, -0.2) is 0 Å². The van der Waals surface area contributed by atoms with E-state index in [0.29, 0.717) is 4.75 Å². The normalized spacial score (nSPS) is 19.4. The van der Waals surface area contributed by atoms with Gasteiger partial charge in [-0.05, 0) is 39.3 Å². The lowest BCUT2D eigenvalue weighted by Crippen LogP contribution is -2.35. The Morgan fingerprint density at radius 2 is 2.00 bits per heavy atom. The van der Waals surface area contributed by atoms with E-state index in [4.69, 9.17) is 0 Å². The molecule has 1 N–H and O–H groups in total. The van der Waals surface area contributed by atoms with Crippen LogP contribution in [0.2, 0.25) is 0 Å². The summed E-state index contributed by atoms with van der Waals surface area (Å²) >= 11 is 2.05. The number of rotatable bonds is 3. The van der Waals surface area contributed by atoms with Gasteiger partial charge in [0.1, 0.15) is 0 Å². The van der Waals surface area contributed by atoms with Crippen LogP contribution in [0.15, 0.2) is 12.1 Å². The van der Waals surface area contributed by atoms with E-state index >= 15 is 0 Å². The van der Waals surface area contributed by atoms with Crippen LogP contribution in [0.4, 0.5) is 5.82 Å². The summed E-state index contributed by atoms with van der Waals surface area (Å²) in [5.74, 6) is 2.16. The highest BCUT2D eigenvalue weighted by molar-refractivity contribution is 8.00. The molecule has 1 aromatic rings. The Kier molecular flexibility index (Phi) is 5.15. The van der Waals surface area contributed by atoms with Gasteiger partial charge >= 0.3 is 0 Å². The highest BCUT2D eigenvalue weighted by atomic mass is 32.2. The molecule has 0 spiro atoms. The van der Waals surface area contributed by atoms with Crippen LogP contribution >= 0.6 is 11.8 Å². The first-order valence-corrected chi connectivity index (χ1v) is 8.70. The van der Waals surface area contributed by atoms with Crippen molar-refractivity contribution in [3.05, 3.63) is 17.8 Å². The molecule has 0 unspecified atom stereocenters.